The summed E-state index contributed by atoms with van der Waals surface area (Å²) in [5.74, 6) is -4.34. The molecular weight excluding hydrogens is 531 g/mol. The molecule has 160 valence electrons. The van der Waals surface area contributed by atoms with Crippen molar-refractivity contribution >= 4 is 37.8 Å². The molecule has 1 aromatic heterocycles. The Morgan fingerprint density at radius 3 is 2.33 bits per heavy atom. The SMILES string of the molecule is CC1(C)C(C=C(Br)Br)[C@@]1(C(=O)O)[C@@H](c1cccc(Oc2ccccc2)n1)C(F)(F)F. The van der Waals surface area contributed by atoms with Crippen molar-refractivity contribution in [3.63, 3.8) is 0 Å². The maximum Gasteiger partial charge on any atom is 0.398 e. The van der Waals surface area contributed by atoms with Gasteiger partial charge in [-0.25, -0.2) is 4.98 Å². The fourth-order valence-electron chi connectivity index (χ4n) is 4.30. The van der Waals surface area contributed by atoms with Gasteiger partial charge in [-0.15, -0.1) is 0 Å². The van der Waals surface area contributed by atoms with E-state index < -0.39 is 40.5 Å². The minimum atomic E-state index is -4.84. The average molecular weight is 549 g/mol. The molecule has 2 aromatic rings. The molecule has 1 heterocycles. The molecule has 1 aromatic carbocycles. The van der Waals surface area contributed by atoms with Crippen LogP contribution in [0.15, 0.2) is 58.0 Å². The van der Waals surface area contributed by atoms with E-state index in [4.69, 9.17) is 4.74 Å². The Morgan fingerprint density at radius 2 is 1.80 bits per heavy atom. The predicted octanol–water partition coefficient (Wildman–Crippen LogP) is 6.88. The number of carboxylic acids is 1. The first kappa shape index (κ1) is 22.8. The summed E-state index contributed by atoms with van der Waals surface area (Å²) in [6.45, 7) is 3.04. The lowest BCUT2D eigenvalue weighted by atomic mass is 9.79. The maximum atomic E-state index is 14.3. The number of hydrogen-bond acceptors (Lipinski definition) is 3. The van der Waals surface area contributed by atoms with Crippen LogP contribution in [0.5, 0.6) is 11.6 Å². The molecule has 1 saturated carbocycles. The first-order valence-corrected chi connectivity index (χ1v) is 10.5. The third kappa shape index (κ3) is 3.89. The number of pyridine rings is 1. The van der Waals surface area contributed by atoms with E-state index in [2.05, 4.69) is 36.8 Å². The van der Waals surface area contributed by atoms with Gasteiger partial charge in [0.05, 0.1) is 14.5 Å². The van der Waals surface area contributed by atoms with Crippen LogP contribution in [-0.2, 0) is 4.79 Å². The molecule has 0 spiro atoms. The first-order valence-electron chi connectivity index (χ1n) is 8.95. The second kappa shape index (κ2) is 8.00. The number of alkyl halides is 3. The summed E-state index contributed by atoms with van der Waals surface area (Å²) in [6.07, 6.45) is -3.38. The van der Waals surface area contributed by atoms with Gasteiger partial charge in [0.25, 0.3) is 0 Å². The van der Waals surface area contributed by atoms with E-state index in [0.29, 0.717) is 9.14 Å². The van der Waals surface area contributed by atoms with Crippen molar-refractivity contribution in [3.8, 4) is 11.6 Å². The molecule has 3 atom stereocenters. The topological polar surface area (TPSA) is 59.4 Å². The van der Waals surface area contributed by atoms with E-state index in [0.717, 1.165) is 0 Å². The Kier molecular flexibility index (Phi) is 6.08. The van der Waals surface area contributed by atoms with Crippen molar-refractivity contribution < 1.29 is 27.8 Å². The summed E-state index contributed by atoms with van der Waals surface area (Å²) in [4.78, 5) is 16.4. The maximum absolute atomic E-state index is 14.3. The van der Waals surface area contributed by atoms with Crippen LogP contribution in [-0.4, -0.2) is 22.2 Å². The van der Waals surface area contributed by atoms with Gasteiger partial charge in [0.2, 0.25) is 5.88 Å². The molecule has 1 aliphatic rings. The van der Waals surface area contributed by atoms with Gasteiger partial charge in [0, 0.05) is 12.0 Å². The Labute approximate surface area is 188 Å². The Hall–Kier alpha value is -1.87. The third-order valence-electron chi connectivity index (χ3n) is 5.69. The molecule has 1 N–H and O–H groups in total. The van der Waals surface area contributed by atoms with Crippen molar-refractivity contribution in [1.82, 2.24) is 4.98 Å². The van der Waals surface area contributed by atoms with Gasteiger partial charge in [-0.1, -0.05) is 44.2 Å². The number of allylic oxidation sites excluding steroid dienone is 1. The van der Waals surface area contributed by atoms with E-state index in [1.54, 1.807) is 30.3 Å². The number of aliphatic carboxylic acids is 1. The number of hydrogen-bond donors (Lipinski definition) is 1. The van der Waals surface area contributed by atoms with Gasteiger partial charge in [-0.3, -0.25) is 4.79 Å². The van der Waals surface area contributed by atoms with Crippen LogP contribution in [0.4, 0.5) is 13.2 Å². The molecule has 0 aliphatic heterocycles. The lowest BCUT2D eigenvalue weighted by Crippen LogP contribution is -2.39. The average Bonchev–Trinajstić information content (AvgIpc) is 3.10. The van der Waals surface area contributed by atoms with Gasteiger partial charge in [-0.2, -0.15) is 13.2 Å². The zero-order valence-electron chi connectivity index (χ0n) is 16.0. The number of ether oxygens (including phenoxy) is 1. The van der Waals surface area contributed by atoms with Crippen LogP contribution in [0.2, 0.25) is 0 Å². The number of nitrogens with zero attached hydrogens (tertiary/aromatic N) is 1. The molecule has 9 heteroatoms. The van der Waals surface area contributed by atoms with Gasteiger partial charge < -0.3 is 9.84 Å². The van der Waals surface area contributed by atoms with Crippen molar-refractivity contribution in [2.24, 2.45) is 16.7 Å². The van der Waals surface area contributed by atoms with Crippen LogP contribution >= 0.6 is 31.9 Å². The lowest BCUT2D eigenvalue weighted by molar-refractivity contribution is -0.184. The van der Waals surface area contributed by atoms with Crippen molar-refractivity contribution in [2.45, 2.75) is 25.9 Å². The zero-order valence-corrected chi connectivity index (χ0v) is 19.1. The highest BCUT2D eigenvalue weighted by Gasteiger charge is 2.82. The van der Waals surface area contributed by atoms with E-state index >= 15 is 0 Å². The van der Waals surface area contributed by atoms with E-state index in [1.807, 2.05) is 0 Å². The fourth-order valence-corrected chi connectivity index (χ4v) is 4.83. The van der Waals surface area contributed by atoms with E-state index in [1.165, 1.54) is 38.1 Å². The van der Waals surface area contributed by atoms with Gasteiger partial charge in [0.1, 0.15) is 11.7 Å². The number of aromatic nitrogens is 1. The molecule has 3 rings (SSSR count). The summed E-state index contributed by atoms with van der Waals surface area (Å²) in [7, 11) is 0. The largest absolute Gasteiger partial charge is 0.481 e. The highest BCUT2D eigenvalue weighted by molar-refractivity contribution is 9.28. The molecule has 0 radical (unpaired) electrons. The highest BCUT2D eigenvalue weighted by atomic mass is 79.9. The van der Waals surface area contributed by atoms with Gasteiger partial charge in [0.15, 0.2) is 0 Å². The minimum absolute atomic E-state index is 0.0410. The Bertz CT molecular complexity index is 975. The van der Waals surface area contributed by atoms with Crippen molar-refractivity contribution in [2.75, 3.05) is 0 Å². The minimum Gasteiger partial charge on any atom is -0.481 e. The van der Waals surface area contributed by atoms with Gasteiger partial charge in [-0.05, 0) is 55.5 Å². The second-order valence-electron chi connectivity index (χ2n) is 7.62. The van der Waals surface area contributed by atoms with Crippen molar-refractivity contribution in [1.29, 1.82) is 0 Å². The van der Waals surface area contributed by atoms with E-state index in [9.17, 15) is 23.1 Å². The summed E-state index contributed by atoms with van der Waals surface area (Å²) in [5.41, 5.74) is -3.67. The molecule has 4 nitrogen and oxygen atoms in total. The summed E-state index contributed by atoms with van der Waals surface area (Å²) in [5, 5.41) is 10.0. The number of rotatable bonds is 6. The molecular formula is C21H18Br2F3NO3. The number of benzene rings is 1. The summed E-state index contributed by atoms with van der Waals surface area (Å²) >= 11 is 6.28. The molecule has 0 amide bonds. The molecule has 30 heavy (non-hydrogen) atoms. The molecule has 1 fully saturated rings. The fraction of sp³-hybridized carbons (Fsp3) is 0.333. The quantitative estimate of drug-likeness (QED) is 0.427. The predicted molar refractivity (Wildman–Crippen MR) is 113 cm³/mol. The highest BCUT2D eigenvalue weighted by Crippen LogP contribution is 2.77. The number of carboxylic acid groups (broad SMARTS) is 1. The summed E-state index contributed by atoms with van der Waals surface area (Å²) in [6, 6.07) is 12.5. The number of halogens is 5. The zero-order chi connectivity index (χ0) is 22.3. The van der Waals surface area contributed by atoms with Crippen LogP contribution in [0.3, 0.4) is 0 Å². The third-order valence-corrected chi connectivity index (χ3v) is 6.22. The monoisotopic (exact) mass is 547 g/mol. The smallest absolute Gasteiger partial charge is 0.398 e. The molecule has 0 saturated heterocycles. The van der Waals surface area contributed by atoms with Crippen LogP contribution in [0.25, 0.3) is 0 Å². The standard InChI is InChI=1S/C21H18Br2F3NO3/c1-19(2)14(11-15(22)23)20(19,18(28)29)17(21(24,25)26)13-9-6-10-16(27-13)30-12-7-4-3-5-8-12/h3-11,14,17H,1-2H3,(H,28,29)/t14?,17-,20+/m1/s1. The Morgan fingerprint density at radius 1 is 1.17 bits per heavy atom. The van der Waals surface area contributed by atoms with Crippen LogP contribution in [0, 0.1) is 16.7 Å². The summed E-state index contributed by atoms with van der Waals surface area (Å²) < 4.78 is 48.9. The van der Waals surface area contributed by atoms with Crippen LogP contribution in [0.1, 0.15) is 25.5 Å². The van der Waals surface area contributed by atoms with Gasteiger partial charge >= 0.3 is 12.1 Å². The molecule has 1 unspecified atom stereocenters. The number of para-hydroxylation sites is 1. The molecule has 1 aliphatic carbocycles. The second-order valence-corrected chi connectivity index (χ2v) is 10.4. The number of carbonyl (C=O) groups is 1. The Balaban J connectivity index is 2.11. The normalized spacial score (nSPS) is 23.4. The van der Waals surface area contributed by atoms with Crippen LogP contribution < -0.4 is 4.74 Å². The first-order chi connectivity index (χ1) is 13.9. The van der Waals surface area contributed by atoms with Crippen molar-refractivity contribution in [3.05, 3.63) is 63.7 Å². The molecule has 0 bridgehead atoms. The van der Waals surface area contributed by atoms with E-state index in [-0.39, 0.29) is 5.88 Å². The lowest BCUT2D eigenvalue weighted by Gasteiger charge is -2.29.